The quantitative estimate of drug-likeness (QED) is 0.0365. The molecule has 0 spiro atoms. The molecule has 0 heterocycles. The fraction of sp³-hybridized carbons (Fsp3) is 0.217. The zero-order valence-corrected chi connectivity index (χ0v) is 49.2. The van der Waals surface area contributed by atoms with Gasteiger partial charge in [0.25, 0.3) is 0 Å². The highest BCUT2D eigenvalue weighted by molar-refractivity contribution is 7.42. The number of hydrogen-bond acceptors (Lipinski definition) is 12. The van der Waals surface area contributed by atoms with E-state index in [1.54, 1.807) is 0 Å². The van der Waals surface area contributed by atoms with Crippen LogP contribution in [0.3, 0.4) is 0 Å². The van der Waals surface area contributed by atoms with Crippen molar-refractivity contribution in [3.05, 3.63) is 323 Å². The molecule has 1 saturated carbocycles. The second-order valence-corrected chi connectivity index (χ2v) is 23.2. The zero-order valence-electron chi connectivity index (χ0n) is 46.5. The van der Waals surface area contributed by atoms with Crippen LogP contribution in [0.15, 0.2) is 273 Å². The third kappa shape index (κ3) is 19.7. The fourth-order valence-corrected chi connectivity index (χ4v) is 12.6. The Kier molecular flexibility index (Phi) is 24.7. The van der Waals surface area contributed by atoms with E-state index >= 15 is 0 Å². The third-order valence-corrected chi connectivity index (χ3v) is 16.8. The Morgan fingerprint density at radius 3 is 0.500 bits per heavy atom. The maximum Gasteiger partial charge on any atom is 0.333 e. The molecule has 0 radical (unpaired) electrons. The van der Waals surface area contributed by atoms with Crippen LogP contribution in [0.1, 0.15) is 50.1 Å². The van der Waals surface area contributed by atoms with E-state index in [2.05, 4.69) is 0 Å². The lowest BCUT2D eigenvalue weighted by Crippen LogP contribution is -2.66. The maximum atomic E-state index is 7.54. The van der Waals surface area contributed by atoms with Crippen LogP contribution in [0.25, 0.3) is 0 Å². The summed E-state index contributed by atoms with van der Waals surface area (Å²) in [4.78, 5) is 0. The summed E-state index contributed by atoms with van der Waals surface area (Å²) in [6.45, 7) is 1.50. The Bertz CT molecular complexity index is 2900. The summed E-state index contributed by atoms with van der Waals surface area (Å²) in [6.07, 6.45) is -6.32. The van der Waals surface area contributed by atoms with Crippen molar-refractivity contribution >= 4 is 25.8 Å². The summed E-state index contributed by atoms with van der Waals surface area (Å²) in [5.74, 6) is 0. The summed E-state index contributed by atoms with van der Waals surface area (Å²) in [6, 6.07) is 89.6. The largest absolute Gasteiger partial charge is 0.368 e. The normalized spacial score (nSPS) is 17.9. The molecule has 9 aromatic carbocycles. The number of benzene rings is 9. The van der Waals surface area contributed by atoms with Gasteiger partial charge in [-0.3, -0.25) is 0 Å². The molecule has 0 bridgehead atoms. The molecule has 1 aliphatic carbocycles. The van der Waals surface area contributed by atoms with E-state index in [1.807, 2.05) is 273 Å². The molecule has 1 fully saturated rings. The minimum absolute atomic E-state index is 0.157. The Balaban J connectivity index is 1.13. The van der Waals surface area contributed by atoms with Crippen LogP contribution in [0.5, 0.6) is 0 Å². The number of hydrogen-bond donors (Lipinski definition) is 0. The summed E-state index contributed by atoms with van der Waals surface area (Å²) in [7, 11) is -6.77. The van der Waals surface area contributed by atoms with E-state index in [0.29, 0.717) is 0 Å². The van der Waals surface area contributed by atoms with Gasteiger partial charge in [-0.15, -0.1) is 0 Å². The minimum atomic E-state index is -2.27. The molecule has 4 atom stereocenters. The molecule has 4 unspecified atom stereocenters. The molecule has 0 aromatic heterocycles. The highest BCUT2D eigenvalue weighted by atomic mass is 31.2. The average molecular weight is 1180 g/mol. The molecule has 12 nitrogen and oxygen atoms in total. The Morgan fingerprint density at radius 2 is 0.321 bits per heavy atom. The van der Waals surface area contributed by atoms with Gasteiger partial charge in [-0.25, -0.2) is 0 Å². The van der Waals surface area contributed by atoms with E-state index in [9.17, 15) is 0 Å². The van der Waals surface area contributed by atoms with Crippen molar-refractivity contribution in [1.82, 2.24) is 0 Å². The molecule has 15 heteroatoms. The van der Waals surface area contributed by atoms with Gasteiger partial charge in [0.15, 0.2) is 0 Å². The van der Waals surface area contributed by atoms with Crippen molar-refractivity contribution < 1.29 is 54.9 Å². The molecular weight excluding hydrogens is 1110 g/mol. The van der Waals surface area contributed by atoms with E-state index < -0.39 is 62.4 Å². The predicted octanol–water partition coefficient (Wildman–Crippen LogP) is 16.9. The third-order valence-electron chi connectivity index (χ3n) is 13.5. The SMILES string of the molecule is c1ccc(COC2C(OCc3ccccc3)C(OP(OCc3ccccc3)OCc3ccccc3)C(OP(OCc3ccccc3)OCc3ccccc3)C(OP(OCc3ccccc3)OCc3ccccc3)C2OCc2ccccc2)cc1. The summed E-state index contributed by atoms with van der Waals surface area (Å²) >= 11 is 0. The molecule has 0 amide bonds. The Labute approximate surface area is 497 Å². The molecular formula is C69H69O12P3. The fourth-order valence-electron chi connectivity index (χ4n) is 9.15. The zero-order chi connectivity index (χ0) is 57.1. The molecule has 9 aromatic rings. The summed E-state index contributed by atoms with van der Waals surface area (Å²) < 4.78 is 85.4. The number of ether oxygens (including phenoxy) is 3. The molecule has 432 valence electrons. The van der Waals surface area contributed by atoms with Gasteiger partial charge in [0.2, 0.25) is 0 Å². The molecule has 0 N–H and O–H groups in total. The van der Waals surface area contributed by atoms with E-state index in [0.717, 1.165) is 50.1 Å². The first-order valence-electron chi connectivity index (χ1n) is 28.0. The van der Waals surface area contributed by atoms with Gasteiger partial charge >= 0.3 is 25.8 Å². The van der Waals surface area contributed by atoms with Crippen LogP contribution in [-0.2, 0) is 114 Å². The Morgan fingerprint density at radius 1 is 0.179 bits per heavy atom. The van der Waals surface area contributed by atoms with E-state index in [1.165, 1.54) is 0 Å². The lowest BCUT2D eigenvalue weighted by Gasteiger charge is -2.50. The van der Waals surface area contributed by atoms with E-state index in [-0.39, 0.29) is 59.5 Å². The van der Waals surface area contributed by atoms with Crippen LogP contribution >= 0.6 is 25.8 Å². The minimum Gasteiger partial charge on any atom is -0.368 e. The van der Waals surface area contributed by atoms with Crippen LogP contribution in [0.2, 0.25) is 0 Å². The lowest BCUT2D eigenvalue weighted by molar-refractivity contribution is -0.253. The monoisotopic (exact) mass is 1180 g/mol. The molecule has 10 rings (SSSR count). The first-order chi connectivity index (χ1) is 41.6. The second-order valence-electron chi connectivity index (χ2n) is 19.7. The standard InChI is InChI=1S/C69H69O12P3/c1-10-28-55(29-11-1)46-70-64-65(71-47-56-30-12-2-13-31-56)67(79-82(73-49-58-34-16-4-17-35-58)74-50-59-36-18-5-19-37-59)69(81-84(77-53-62-42-24-8-25-43-62)78-54-63-44-26-9-27-45-63)68(66(64)72-48-57-32-14-3-15-33-57)80-83(75-51-60-38-20-6-21-39-60)76-52-61-40-22-7-23-41-61/h1-45,64-69H,46-54H2. The molecule has 84 heavy (non-hydrogen) atoms. The van der Waals surface area contributed by atoms with Crippen molar-refractivity contribution in [2.45, 2.75) is 96.1 Å². The van der Waals surface area contributed by atoms with Crippen LogP contribution in [0.4, 0.5) is 0 Å². The van der Waals surface area contributed by atoms with Gasteiger partial charge in [0, 0.05) is 0 Å². The van der Waals surface area contributed by atoms with Crippen molar-refractivity contribution in [3.8, 4) is 0 Å². The topological polar surface area (TPSA) is 111 Å². The van der Waals surface area contributed by atoms with Crippen LogP contribution in [-0.4, -0.2) is 36.6 Å². The number of rotatable bonds is 33. The highest BCUT2D eigenvalue weighted by Crippen LogP contribution is 2.54. The predicted molar refractivity (Wildman–Crippen MR) is 328 cm³/mol. The first kappa shape index (κ1) is 60.9. The van der Waals surface area contributed by atoms with Crippen LogP contribution in [0, 0.1) is 0 Å². The van der Waals surface area contributed by atoms with Crippen LogP contribution < -0.4 is 0 Å². The van der Waals surface area contributed by atoms with Crippen molar-refractivity contribution in [1.29, 1.82) is 0 Å². The molecule has 0 aliphatic heterocycles. The molecule has 1 aliphatic rings. The van der Waals surface area contributed by atoms with Gasteiger partial charge < -0.3 is 54.9 Å². The van der Waals surface area contributed by atoms with Gasteiger partial charge in [-0.2, -0.15) is 0 Å². The van der Waals surface area contributed by atoms with Gasteiger partial charge in [0.1, 0.15) is 36.6 Å². The van der Waals surface area contributed by atoms with Gasteiger partial charge in [-0.1, -0.05) is 273 Å². The van der Waals surface area contributed by atoms with Crippen molar-refractivity contribution in [3.63, 3.8) is 0 Å². The summed E-state index contributed by atoms with van der Waals surface area (Å²) in [5.41, 5.74) is 8.31. The molecule has 0 saturated heterocycles. The lowest BCUT2D eigenvalue weighted by atomic mass is 9.84. The van der Waals surface area contributed by atoms with Crippen molar-refractivity contribution in [2.75, 3.05) is 0 Å². The second kappa shape index (κ2) is 34.1. The smallest absolute Gasteiger partial charge is 0.333 e. The van der Waals surface area contributed by atoms with E-state index in [4.69, 9.17) is 54.9 Å². The van der Waals surface area contributed by atoms with Gasteiger partial charge in [0.05, 0.1) is 59.5 Å². The Hall–Kier alpha value is -6.21. The van der Waals surface area contributed by atoms with Crippen molar-refractivity contribution in [2.24, 2.45) is 0 Å². The summed E-state index contributed by atoms with van der Waals surface area (Å²) in [5, 5.41) is 0. The maximum absolute atomic E-state index is 7.54. The first-order valence-corrected chi connectivity index (χ1v) is 31.3. The highest BCUT2D eigenvalue weighted by Gasteiger charge is 2.58. The van der Waals surface area contributed by atoms with Gasteiger partial charge in [-0.05, 0) is 50.1 Å². The average Bonchev–Trinajstić information content (AvgIpc) is 2.17.